The van der Waals surface area contributed by atoms with Crippen molar-refractivity contribution >= 4 is 17.5 Å². The Kier molecular flexibility index (Phi) is 5.95. The average Bonchev–Trinajstić information content (AvgIpc) is 3.09. The topological polar surface area (TPSA) is 81.8 Å². The average molecular weight is 429 g/mol. The van der Waals surface area contributed by atoms with Crippen LogP contribution in [-0.4, -0.2) is 23.5 Å². The lowest BCUT2D eigenvalue weighted by Crippen LogP contribution is -2.51. The van der Waals surface area contributed by atoms with Gasteiger partial charge in [-0.05, 0) is 92.4 Å². The summed E-state index contributed by atoms with van der Waals surface area (Å²) in [5, 5.41) is 4.28. The van der Waals surface area contributed by atoms with Crippen molar-refractivity contribution in [2.75, 3.05) is 0 Å². The molecule has 3 fully saturated rings. The maximum Gasteiger partial charge on any atom is 0.351 e. The number of nitrogens with zero attached hydrogens (tertiary/aromatic N) is 1. The molecule has 31 heavy (non-hydrogen) atoms. The van der Waals surface area contributed by atoms with E-state index in [1.54, 1.807) is 0 Å². The highest BCUT2D eigenvalue weighted by Gasteiger charge is 2.59. The van der Waals surface area contributed by atoms with Gasteiger partial charge in [0.2, 0.25) is 0 Å². The van der Waals surface area contributed by atoms with E-state index in [9.17, 15) is 9.59 Å². The molecule has 2 N–H and O–H groups in total. The van der Waals surface area contributed by atoms with Gasteiger partial charge in [0.15, 0.2) is 5.78 Å². The Morgan fingerprint density at radius 3 is 2.58 bits per heavy atom. The first-order chi connectivity index (χ1) is 14.6. The van der Waals surface area contributed by atoms with Gasteiger partial charge in [-0.25, -0.2) is 4.79 Å². The fourth-order valence-electron chi connectivity index (χ4n) is 7.76. The summed E-state index contributed by atoms with van der Waals surface area (Å²) >= 11 is 0. The van der Waals surface area contributed by atoms with E-state index < -0.39 is 12.0 Å². The zero-order chi connectivity index (χ0) is 22.6. The summed E-state index contributed by atoms with van der Waals surface area (Å²) < 4.78 is 0. The van der Waals surface area contributed by atoms with Crippen LogP contribution in [0.3, 0.4) is 0 Å². The zero-order valence-electron chi connectivity index (χ0n) is 19.9. The number of carbonyl (C=O) groups is 2. The van der Waals surface area contributed by atoms with Crippen LogP contribution in [0.1, 0.15) is 86.0 Å². The second-order valence-corrected chi connectivity index (χ2v) is 11.6. The van der Waals surface area contributed by atoms with Gasteiger partial charge in [-0.2, -0.15) is 0 Å². The molecule has 0 bridgehead atoms. The smallest absolute Gasteiger partial charge is 0.318 e. The van der Waals surface area contributed by atoms with Gasteiger partial charge in [0.05, 0.1) is 5.71 Å². The van der Waals surface area contributed by atoms with E-state index in [4.69, 9.17) is 10.6 Å². The highest BCUT2D eigenvalue weighted by Crippen LogP contribution is 2.66. The Hall–Kier alpha value is -1.49. The van der Waals surface area contributed by atoms with E-state index in [-0.39, 0.29) is 16.7 Å². The van der Waals surface area contributed by atoms with E-state index in [0.29, 0.717) is 30.0 Å². The number of allylic oxidation sites excluding steroid dienone is 1. The van der Waals surface area contributed by atoms with E-state index in [1.165, 1.54) is 31.3 Å². The Balaban J connectivity index is 1.51. The van der Waals surface area contributed by atoms with Gasteiger partial charge in [0, 0.05) is 12.3 Å². The molecule has 0 radical (unpaired) electrons. The molecule has 4 aliphatic rings. The van der Waals surface area contributed by atoms with E-state index in [0.717, 1.165) is 30.9 Å². The number of rotatable bonds is 4. The van der Waals surface area contributed by atoms with Gasteiger partial charge in [0.1, 0.15) is 6.04 Å². The van der Waals surface area contributed by atoms with Crippen molar-refractivity contribution in [2.24, 2.45) is 51.3 Å². The van der Waals surface area contributed by atoms with Crippen molar-refractivity contribution in [3.8, 4) is 0 Å². The normalized spacial score (nSPS) is 41.2. The molecule has 0 heterocycles. The standard InChI is InChI=1S/C26H40N2O3/c1-15(2)23(27)24(30)31-28-16(3)20-8-9-21-19-7-6-17-14-18(29)10-12-25(17,4)22(19)11-13-26(20,21)5/h14-15,19-23H,6-13,27H2,1-5H3/b28-16+/t19-,20+,21-,22-,23+,25-,26+/m0/s1. The predicted molar refractivity (Wildman–Crippen MR) is 122 cm³/mol. The molecule has 3 saturated carbocycles. The Morgan fingerprint density at radius 1 is 1.13 bits per heavy atom. The second kappa shape index (κ2) is 8.13. The van der Waals surface area contributed by atoms with E-state index in [2.05, 4.69) is 19.0 Å². The molecule has 172 valence electrons. The molecule has 5 nitrogen and oxygen atoms in total. The van der Waals surface area contributed by atoms with Crippen molar-refractivity contribution in [3.05, 3.63) is 11.6 Å². The van der Waals surface area contributed by atoms with Gasteiger partial charge in [-0.1, -0.05) is 38.4 Å². The summed E-state index contributed by atoms with van der Waals surface area (Å²) in [5.74, 6) is 2.38. The lowest BCUT2D eigenvalue weighted by molar-refractivity contribution is -0.146. The van der Waals surface area contributed by atoms with Gasteiger partial charge in [-0.3, -0.25) is 4.79 Å². The van der Waals surface area contributed by atoms with Gasteiger partial charge in [0.25, 0.3) is 0 Å². The molecule has 0 aromatic rings. The largest absolute Gasteiger partial charge is 0.351 e. The number of carbonyl (C=O) groups excluding carboxylic acids is 2. The third-order valence-electron chi connectivity index (χ3n) is 9.74. The first-order valence-corrected chi connectivity index (χ1v) is 12.3. The first-order valence-electron chi connectivity index (χ1n) is 12.3. The number of ketones is 1. The number of oxime groups is 1. The van der Waals surface area contributed by atoms with Crippen LogP contribution in [0.25, 0.3) is 0 Å². The summed E-state index contributed by atoms with van der Waals surface area (Å²) in [5.41, 5.74) is 8.70. The third-order valence-corrected chi connectivity index (χ3v) is 9.74. The van der Waals surface area contributed by atoms with Crippen molar-refractivity contribution in [1.29, 1.82) is 0 Å². The monoisotopic (exact) mass is 428 g/mol. The van der Waals surface area contributed by atoms with Crippen LogP contribution in [0, 0.1) is 40.4 Å². The molecular formula is C26H40N2O3. The Labute approximate surface area is 187 Å². The van der Waals surface area contributed by atoms with Gasteiger partial charge in [-0.15, -0.1) is 0 Å². The molecule has 0 aromatic heterocycles. The first kappa shape index (κ1) is 22.7. The molecule has 0 amide bonds. The Morgan fingerprint density at radius 2 is 1.87 bits per heavy atom. The minimum atomic E-state index is -0.633. The minimum Gasteiger partial charge on any atom is -0.318 e. The van der Waals surface area contributed by atoms with Crippen LogP contribution in [0.4, 0.5) is 0 Å². The minimum absolute atomic E-state index is 0.0355. The van der Waals surface area contributed by atoms with Crippen LogP contribution in [0.2, 0.25) is 0 Å². The number of hydrogen-bond acceptors (Lipinski definition) is 5. The number of hydrogen-bond donors (Lipinski definition) is 1. The van der Waals surface area contributed by atoms with Crippen LogP contribution in [-0.2, 0) is 14.4 Å². The number of nitrogens with two attached hydrogens (primary N) is 1. The summed E-state index contributed by atoms with van der Waals surface area (Å²) in [6, 6.07) is -0.633. The maximum absolute atomic E-state index is 12.2. The SMILES string of the molecule is C/C(=N\OC(=O)[C@H](N)C(C)C)[C@H]1CC[C@H]2[C@@H]3CCC4=CC(=O)CC[C@]4(C)[C@H]3CC[C@]12C. The Bertz CT molecular complexity index is 815. The zero-order valence-corrected chi connectivity index (χ0v) is 19.9. The van der Waals surface area contributed by atoms with Crippen molar-refractivity contribution in [3.63, 3.8) is 0 Å². The predicted octanol–water partition coefficient (Wildman–Crippen LogP) is 5.04. The van der Waals surface area contributed by atoms with Gasteiger partial charge >= 0.3 is 5.97 Å². The van der Waals surface area contributed by atoms with Crippen molar-refractivity contribution < 1.29 is 14.4 Å². The van der Waals surface area contributed by atoms with E-state index >= 15 is 0 Å². The molecule has 0 spiro atoms. The van der Waals surface area contributed by atoms with Crippen LogP contribution in [0.5, 0.6) is 0 Å². The molecule has 4 aliphatic carbocycles. The fourth-order valence-corrected chi connectivity index (χ4v) is 7.76. The highest BCUT2D eigenvalue weighted by molar-refractivity contribution is 5.91. The van der Waals surface area contributed by atoms with Crippen molar-refractivity contribution in [1.82, 2.24) is 0 Å². The fraction of sp³-hybridized carbons (Fsp3) is 0.808. The van der Waals surface area contributed by atoms with Crippen molar-refractivity contribution in [2.45, 2.75) is 92.0 Å². The number of fused-ring (bicyclic) bond motifs is 5. The van der Waals surface area contributed by atoms with Gasteiger partial charge < -0.3 is 10.6 Å². The summed E-state index contributed by atoms with van der Waals surface area (Å²) in [6.07, 6.45) is 10.8. The molecule has 4 rings (SSSR count). The third kappa shape index (κ3) is 3.71. The van der Waals surface area contributed by atoms with Crippen LogP contribution in [0.15, 0.2) is 16.8 Å². The molecular weight excluding hydrogens is 388 g/mol. The molecule has 0 unspecified atom stereocenters. The molecule has 7 atom stereocenters. The summed E-state index contributed by atoms with van der Waals surface area (Å²) in [7, 11) is 0. The van der Waals surface area contributed by atoms with Crippen LogP contribution >= 0.6 is 0 Å². The lowest BCUT2D eigenvalue weighted by atomic mass is 9.46. The molecule has 0 aliphatic heterocycles. The highest BCUT2D eigenvalue weighted by atomic mass is 16.7. The molecule has 0 saturated heterocycles. The maximum atomic E-state index is 12.2. The molecule has 0 aromatic carbocycles. The van der Waals surface area contributed by atoms with Crippen LogP contribution < -0.4 is 5.73 Å². The summed E-state index contributed by atoms with van der Waals surface area (Å²) in [6.45, 7) is 10.7. The van der Waals surface area contributed by atoms with E-state index in [1.807, 2.05) is 26.8 Å². The second-order valence-electron chi connectivity index (χ2n) is 11.6. The quantitative estimate of drug-likeness (QED) is 0.386. The summed E-state index contributed by atoms with van der Waals surface area (Å²) in [4.78, 5) is 29.4. The lowest BCUT2D eigenvalue weighted by Gasteiger charge is -2.58. The molecule has 5 heteroatoms.